The van der Waals surface area contributed by atoms with Gasteiger partial charge in [-0.2, -0.15) is 13.2 Å². The Hall–Kier alpha value is -1.35. The fraction of sp³-hybridized carbons (Fsp3) is 0.857. The van der Waals surface area contributed by atoms with Crippen molar-refractivity contribution in [2.45, 2.75) is 31.5 Å². The Morgan fingerprint density at radius 2 is 2.09 bits per heavy atom. The zero-order chi connectivity index (χ0) is 17.3. The molecule has 6 nitrogen and oxygen atoms in total. The highest BCUT2D eigenvalue weighted by atomic mass is 19.4. The monoisotopic (exact) mass is 337 g/mol. The smallest absolute Gasteiger partial charge is 0.371 e. The van der Waals surface area contributed by atoms with E-state index in [0.29, 0.717) is 13.1 Å². The molecular formula is C14H22F3N3O3. The van der Waals surface area contributed by atoms with Crippen LogP contribution >= 0.6 is 0 Å². The number of carbonyl (C=O) groups is 2. The van der Waals surface area contributed by atoms with E-state index in [1.54, 1.807) is 6.92 Å². The number of nitrogens with zero attached hydrogens (tertiary/aromatic N) is 2. The molecule has 9 heteroatoms. The normalized spacial score (nSPS) is 30.0. The predicted molar refractivity (Wildman–Crippen MR) is 75.7 cm³/mol. The second-order valence-corrected chi connectivity index (χ2v) is 6.30. The molecule has 2 rings (SSSR count). The van der Waals surface area contributed by atoms with Crippen LogP contribution in [0.15, 0.2) is 0 Å². The summed E-state index contributed by atoms with van der Waals surface area (Å²) in [5.74, 6) is -0.331. The summed E-state index contributed by atoms with van der Waals surface area (Å²) in [5, 5.41) is 2.74. The van der Waals surface area contributed by atoms with E-state index < -0.39 is 24.4 Å². The summed E-state index contributed by atoms with van der Waals surface area (Å²) >= 11 is 0. The van der Waals surface area contributed by atoms with Crippen LogP contribution in [-0.4, -0.2) is 73.3 Å². The van der Waals surface area contributed by atoms with E-state index >= 15 is 0 Å². The number of halogens is 3. The zero-order valence-corrected chi connectivity index (χ0v) is 13.3. The molecule has 0 saturated carbocycles. The molecular weight excluding hydrogens is 315 g/mol. The summed E-state index contributed by atoms with van der Waals surface area (Å²) < 4.78 is 40.7. The van der Waals surface area contributed by atoms with E-state index in [9.17, 15) is 22.8 Å². The van der Waals surface area contributed by atoms with Gasteiger partial charge in [0.25, 0.3) is 5.91 Å². The number of likely N-dealkylation sites (tertiary alicyclic amines) is 1. The molecule has 2 fully saturated rings. The van der Waals surface area contributed by atoms with Crippen molar-refractivity contribution in [2.75, 3.05) is 39.9 Å². The highest BCUT2D eigenvalue weighted by Crippen LogP contribution is 2.31. The van der Waals surface area contributed by atoms with Gasteiger partial charge in [-0.3, -0.25) is 9.69 Å². The Labute approximate surface area is 132 Å². The van der Waals surface area contributed by atoms with Gasteiger partial charge in [-0.05, 0) is 26.3 Å². The lowest BCUT2D eigenvalue weighted by Gasteiger charge is -2.39. The molecule has 23 heavy (non-hydrogen) atoms. The van der Waals surface area contributed by atoms with Gasteiger partial charge in [0.2, 0.25) is 0 Å². The number of alkyl halides is 3. The molecule has 2 atom stereocenters. The average Bonchev–Trinajstić information content (AvgIpc) is 2.68. The van der Waals surface area contributed by atoms with Gasteiger partial charge in [0.05, 0.1) is 6.61 Å². The van der Waals surface area contributed by atoms with Crippen LogP contribution in [0.4, 0.5) is 18.0 Å². The molecule has 0 bridgehead atoms. The highest BCUT2D eigenvalue weighted by Gasteiger charge is 2.51. The first-order valence-electron chi connectivity index (χ1n) is 7.60. The Bertz CT molecular complexity index is 472. The summed E-state index contributed by atoms with van der Waals surface area (Å²) in [6, 6.07) is -0.414. The van der Waals surface area contributed by atoms with Crippen LogP contribution in [0.1, 0.15) is 19.8 Å². The summed E-state index contributed by atoms with van der Waals surface area (Å²) in [6.45, 7) is 2.13. The number of piperidine rings is 1. The molecule has 0 aromatic rings. The average molecular weight is 337 g/mol. The molecule has 132 valence electrons. The Morgan fingerprint density at radius 3 is 2.65 bits per heavy atom. The first kappa shape index (κ1) is 18.0. The van der Waals surface area contributed by atoms with E-state index in [1.807, 2.05) is 4.90 Å². The fourth-order valence-electron chi connectivity index (χ4n) is 3.19. The van der Waals surface area contributed by atoms with Crippen molar-refractivity contribution < 1.29 is 27.5 Å². The van der Waals surface area contributed by atoms with Crippen molar-refractivity contribution in [3.63, 3.8) is 0 Å². The standard InChI is InChI=1S/C14H22F3N3O3/c1-13(11(21)19(2)12(22)18-13)10-4-3-5-20(8-10)6-7-23-9-14(15,16)17/h10H,3-9H2,1-2H3,(H,18,22)/t10-,13-/m1/s1. The third-order valence-electron chi connectivity index (χ3n) is 4.56. The third kappa shape index (κ3) is 4.14. The zero-order valence-electron chi connectivity index (χ0n) is 13.3. The highest BCUT2D eigenvalue weighted by molar-refractivity contribution is 6.06. The van der Waals surface area contributed by atoms with E-state index in [-0.39, 0.29) is 18.4 Å². The van der Waals surface area contributed by atoms with Gasteiger partial charge in [0.15, 0.2) is 0 Å². The summed E-state index contributed by atoms with van der Waals surface area (Å²) in [4.78, 5) is 27.0. The number of ether oxygens (including phenoxy) is 1. The second kappa shape index (κ2) is 6.64. The van der Waals surface area contributed by atoms with Crippen molar-refractivity contribution in [1.82, 2.24) is 15.1 Å². The lowest BCUT2D eigenvalue weighted by Crippen LogP contribution is -2.56. The van der Waals surface area contributed by atoms with Gasteiger partial charge >= 0.3 is 12.2 Å². The van der Waals surface area contributed by atoms with Gasteiger partial charge in [-0.1, -0.05) is 0 Å². The van der Waals surface area contributed by atoms with E-state index in [0.717, 1.165) is 24.3 Å². The number of rotatable bonds is 5. The maximum atomic E-state index is 12.3. The molecule has 0 radical (unpaired) electrons. The van der Waals surface area contributed by atoms with Crippen LogP contribution in [0.5, 0.6) is 0 Å². The van der Waals surface area contributed by atoms with Crippen molar-refractivity contribution in [3.8, 4) is 0 Å². The van der Waals surface area contributed by atoms with Crippen molar-refractivity contribution in [1.29, 1.82) is 0 Å². The number of hydrogen-bond acceptors (Lipinski definition) is 4. The topological polar surface area (TPSA) is 61.9 Å². The van der Waals surface area contributed by atoms with Gasteiger partial charge in [-0.25, -0.2) is 4.79 Å². The molecule has 0 aromatic heterocycles. The van der Waals surface area contributed by atoms with E-state index in [2.05, 4.69) is 10.1 Å². The van der Waals surface area contributed by atoms with Crippen molar-refractivity contribution in [2.24, 2.45) is 5.92 Å². The molecule has 3 amide bonds. The number of amides is 3. The number of hydrogen-bond donors (Lipinski definition) is 1. The fourth-order valence-corrected chi connectivity index (χ4v) is 3.19. The molecule has 2 aliphatic heterocycles. The first-order chi connectivity index (χ1) is 10.6. The molecule has 0 spiro atoms. The summed E-state index contributed by atoms with van der Waals surface area (Å²) in [5.41, 5.74) is -0.947. The second-order valence-electron chi connectivity index (χ2n) is 6.30. The first-order valence-corrected chi connectivity index (χ1v) is 7.60. The number of imide groups is 1. The molecule has 0 unspecified atom stereocenters. The molecule has 2 aliphatic rings. The van der Waals surface area contributed by atoms with Gasteiger partial charge < -0.3 is 15.0 Å². The molecule has 1 N–H and O–H groups in total. The molecule has 2 saturated heterocycles. The molecule has 0 aromatic carbocycles. The predicted octanol–water partition coefficient (Wildman–Crippen LogP) is 1.22. The van der Waals surface area contributed by atoms with Crippen LogP contribution in [0.3, 0.4) is 0 Å². The van der Waals surface area contributed by atoms with Gasteiger partial charge in [-0.15, -0.1) is 0 Å². The van der Waals surface area contributed by atoms with Crippen LogP contribution in [0.25, 0.3) is 0 Å². The minimum absolute atomic E-state index is 0.0108. The van der Waals surface area contributed by atoms with E-state index in [4.69, 9.17) is 0 Å². The molecule has 0 aliphatic carbocycles. The van der Waals surface area contributed by atoms with E-state index in [1.165, 1.54) is 7.05 Å². The number of carbonyl (C=O) groups excluding carboxylic acids is 2. The maximum absolute atomic E-state index is 12.3. The third-order valence-corrected chi connectivity index (χ3v) is 4.56. The SMILES string of the molecule is CN1C(=O)N[C@](C)([C@@H]2CCCN(CCOCC(F)(F)F)C2)C1=O. The number of likely N-dealkylation sites (N-methyl/N-ethyl adjacent to an activating group) is 1. The minimum atomic E-state index is -4.32. The van der Waals surface area contributed by atoms with Gasteiger partial charge in [0.1, 0.15) is 12.1 Å². The Morgan fingerprint density at radius 1 is 1.39 bits per heavy atom. The Balaban J connectivity index is 1.86. The maximum Gasteiger partial charge on any atom is 0.411 e. The Kier molecular flexibility index (Phi) is 5.20. The summed E-state index contributed by atoms with van der Waals surface area (Å²) in [7, 11) is 1.44. The van der Waals surface area contributed by atoms with Crippen LogP contribution < -0.4 is 5.32 Å². The quantitative estimate of drug-likeness (QED) is 0.605. The van der Waals surface area contributed by atoms with Gasteiger partial charge in [0, 0.05) is 26.1 Å². The van der Waals surface area contributed by atoms with Crippen LogP contribution in [-0.2, 0) is 9.53 Å². The van der Waals surface area contributed by atoms with Crippen LogP contribution in [0.2, 0.25) is 0 Å². The summed E-state index contributed by atoms with van der Waals surface area (Å²) in [6.07, 6.45) is -2.70. The lowest BCUT2D eigenvalue weighted by molar-refractivity contribution is -0.174. The largest absolute Gasteiger partial charge is 0.411 e. The number of urea groups is 1. The van der Waals surface area contributed by atoms with Crippen LogP contribution in [0, 0.1) is 5.92 Å². The molecule has 2 heterocycles. The van der Waals surface area contributed by atoms with Crippen molar-refractivity contribution >= 4 is 11.9 Å². The number of nitrogens with one attached hydrogen (secondary N) is 1. The minimum Gasteiger partial charge on any atom is -0.371 e. The van der Waals surface area contributed by atoms with Crippen molar-refractivity contribution in [3.05, 3.63) is 0 Å². The lowest BCUT2D eigenvalue weighted by atomic mass is 9.80.